The van der Waals surface area contributed by atoms with Crippen LogP contribution in [0, 0.1) is 11.4 Å². The Labute approximate surface area is 310 Å². The number of fused-ring (bicyclic) bond motifs is 1. The average molecular weight is 834 g/mol. The highest BCUT2D eigenvalue weighted by Crippen LogP contribution is 2.49. The van der Waals surface area contributed by atoms with Crippen molar-refractivity contribution in [3.8, 4) is 17.1 Å². The molecule has 0 amide bonds. The van der Waals surface area contributed by atoms with Crippen LogP contribution in [0.15, 0.2) is 101 Å². The number of nitrogen functional groups attached to an aromatic ring is 1. The molecule has 0 aliphatic carbocycles. The second-order valence-corrected chi connectivity index (χ2v) is 16.1. The Bertz CT molecular complexity index is 2420. The van der Waals surface area contributed by atoms with Crippen molar-refractivity contribution in [2.75, 3.05) is 11.5 Å². The van der Waals surface area contributed by atoms with Gasteiger partial charge in [0.1, 0.15) is 16.3 Å². The molecule has 0 bridgehead atoms. The lowest BCUT2D eigenvalue weighted by Crippen LogP contribution is -2.06. The second-order valence-electron chi connectivity index (χ2n) is 9.96. The predicted molar refractivity (Wildman–Crippen MR) is 190 cm³/mol. The van der Waals surface area contributed by atoms with Gasteiger partial charge in [0.15, 0.2) is 21.7 Å². The van der Waals surface area contributed by atoms with Crippen LogP contribution in [-0.4, -0.2) is 56.0 Å². The molecule has 0 heterocycles. The molecule has 0 saturated carbocycles. The molecule has 0 aliphatic rings. The molecule has 4 aromatic carbocycles. The van der Waals surface area contributed by atoms with E-state index in [4.69, 9.17) is 15.5 Å². The lowest BCUT2D eigenvalue weighted by Gasteiger charge is -2.14. The van der Waals surface area contributed by atoms with Crippen molar-refractivity contribution in [3.05, 3.63) is 60.7 Å². The number of phenols is 1. The molecule has 0 atom stereocenters. The highest BCUT2D eigenvalue weighted by atomic mass is 32.3. The van der Waals surface area contributed by atoms with Crippen LogP contribution in [0.4, 0.5) is 28.4 Å². The number of anilines is 1. The zero-order valence-corrected chi connectivity index (χ0v) is 30.8. The average Bonchev–Trinajstić information content (AvgIpc) is 3.08. The Morgan fingerprint density at radius 3 is 2.21 bits per heavy atom. The molecule has 0 aromatic heterocycles. The van der Waals surface area contributed by atoms with Gasteiger partial charge in [0.2, 0.25) is 0 Å². The largest absolute Gasteiger partial charge is 0.505 e. The fraction of sp³-hybridized carbons (Fsp3) is 0.143. The number of rotatable bonds is 15. The maximum Gasteiger partial charge on any atom is 0.433 e. The molecule has 0 saturated heterocycles. The van der Waals surface area contributed by atoms with Gasteiger partial charge in [-0.15, -0.1) is 14.6 Å². The van der Waals surface area contributed by atoms with Crippen LogP contribution in [0.25, 0.3) is 10.8 Å². The van der Waals surface area contributed by atoms with Gasteiger partial charge in [-0.3, -0.25) is 14.0 Å². The van der Waals surface area contributed by atoms with Crippen molar-refractivity contribution >= 4 is 93.4 Å². The van der Waals surface area contributed by atoms with Gasteiger partial charge < -0.3 is 16.3 Å². The molecule has 4 aromatic rings. The van der Waals surface area contributed by atoms with Crippen LogP contribution in [0.1, 0.15) is 19.8 Å². The molecule has 53 heavy (non-hydrogen) atoms. The molecule has 0 radical (unpaired) electrons. The third-order valence-electron chi connectivity index (χ3n) is 6.43. The molecular formula is C28H27N5O15S5. The Kier molecular flexibility index (Phi) is 15.0. The first kappa shape index (κ1) is 43.0. The quantitative estimate of drug-likeness (QED) is 0.0131. The van der Waals surface area contributed by atoms with Crippen molar-refractivity contribution in [3.63, 3.8) is 0 Å². The van der Waals surface area contributed by atoms with E-state index in [9.17, 15) is 34.9 Å². The third-order valence-corrected chi connectivity index (χ3v) is 10.6. The summed E-state index contributed by atoms with van der Waals surface area (Å²) in [6, 6.07) is 13.7. The van der Waals surface area contributed by atoms with E-state index in [-0.39, 0.29) is 54.5 Å². The summed E-state index contributed by atoms with van der Waals surface area (Å²) in [6.45, 7) is 1.84. The van der Waals surface area contributed by atoms with Crippen LogP contribution in [0.5, 0.6) is 5.75 Å². The van der Waals surface area contributed by atoms with Gasteiger partial charge in [0.05, 0.1) is 50.0 Å². The van der Waals surface area contributed by atoms with E-state index < -0.39 is 46.7 Å². The number of azo groups is 2. The van der Waals surface area contributed by atoms with E-state index >= 15 is 0 Å². The number of hydrogen-bond donors (Lipinski definition) is 5. The van der Waals surface area contributed by atoms with Crippen molar-refractivity contribution in [2.24, 2.45) is 20.5 Å². The number of phenolic OH excluding ortho intramolecular Hbond substituents is 1. The first-order valence-electron chi connectivity index (χ1n) is 14.0. The molecule has 8 N–H and O–H groups in total. The number of thioether (sulfide) groups is 1. The molecule has 0 spiro atoms. The zero-order valence-electron chi connectivity index (χ0n) is 26.7. The minimum atomic E-state index is -5.06. The van der Waals surface area contributed by atoms with E-state index in [1.165, 1.54) is 42.5 Å². The molecule has 0 fully saturated rings. The summed E-state index contributed by atoms with van der Waals surface area (Å²) in [5, 5.41) is 41.8. The lowest BCUT2D eigenvalue weighted by molar-refractivity contribution is -0.432. The standard InChI is InChI=1S/C28H25N5O14S5.H2O/c1-2-3-13-50(36,37)21-6-4-5-19(16-21)31-33-27-23(51(38,39)40)15-17-14-22(49-46-45-35)26(25(29)24(17)28(27)34)32-30-18-7-9-20(10-8-18)48-12-11-44-47-52(41,42)43;/h4-10,14-16,34-35H,2-3,13,29H2,1H3,(H,38,39,40)(H,41,42,43);1H2. The number of aromatic hydroxyl groups is 1. The summed E-state index contributed by atoms with van der Waals surface area (Å²) in [5.41, 5.74) is 5.47. The van der Waals surface area contributed by atoms with Gasteiger partial charge >= 0.3 is 10.4 Å². The van der Waals surface area contributed by atoms with Gasteiger partial charge in [-0.1, -0.05) is 24.4 Å². The molecule has 284 valence electrons. The first-order valence-corrected chi connectivity index (χ1v) is 20.1. The van der Waals surface area contributed by atoms with Gasteiger partial charge in [-0.25, -0.2) is 13.7 Å². The summed E-state index contributed by atoms with van der Waals surface area (Å²) in [5.74, 6) is -0.953. The predicted octanol–water partition coefficient (Wildman–Crippen LogP) is 6.14. The topological polar surface area (TPSA) is 327 Å². The van der Waals surface area contributed by atoms with Gasteiger partial charge in [0, 0.05) is 10.1 Å². The smallest absolute Gasteiger partial charge is 0.433 e. The molecular weight excluding hydrogens is 807 g/mol. The van der Waals surface area contributed by atoms with Crippen LogP contribution >= 0.6 is 23.8 Å². The monoisotopic (exact) mass is 833 g/mol. The highest BCUT2D eigenvalue weighted by Gasteiger charge is 2.26. The summed E-state index contributed by atoms with van der Waals surface area (Å²) >= 11 is 1.28. The number of hydrogen-bond acceptors (Lipinski definition) is 19. The van der Waals surface area contributed by atoms with E-state index in [0.717, 1.165) is 17.8 Å². The summed E-state index contributed by atoms with van der Waals surface area (Å²) in [6.07, 6.45) is 2.97. The summed E-state index contributed by atoms with van der Waals surface area (Å²) in [7, 11) is -13.5. The number of nitrogens with zero attached hydrogens (tertiary/aromatic N) is 4. The Morgan fingerprint density at radius 2 is 1.57 bits per heavy atom. The number of nitrogens with two attached hydrogens (primary N) is 1. The fourth-order valence-electron chi connectivity index (χ4n) is 4.17. The number of benzene rings is 4. The first-order chi connectivity index (χ1) is 24.5. The van der Waals surface area contributed by atoms with Crippen LogP contribution in [0.2, 0.25) is 0 Å². The van der Waals surface area contributed by atoms with Crippen LogP contribution in [-0.2, 0) is 48.9 Å². The lowest BCUT2D eigenvalue weighted by atomic mass is 10.1. The van der Waals surface area contributed by atoms with Crippen molar-refractivity contribution < 1.29 is 68.8 Å². The molecule has 25 heteroatoms. The molecule has 0 aliphatic heterocycles. The van der Waals surface area contributed by atoms with Crippen molar-refractivity contribution in [1.29, 1.82) is 0 Å². The second kappa shape index (κ2) is 18.6. The molecule has 20 nitrogen and oxygen atoms in total. The fourth-order valence-corrected chi connectivity index (χ4v) is 7.41. The Morgan fingerprint density at radius 1 is 0.887 bits per heavy atom. The summed E-state index contributed by atoms with van der Waals surface area (Å²) in [4.78, 5) is 3.63. The van der Waals surface area contributed by atoms with Gasteiger partial charge in [-0.05, 0) is 82.5 Å². The van der Waals surface area contributed by atoms with Gasteiger partial charge in [-0.2, -0.15) is 27.1 Å². The van der Waals surface area contributed by atoms with E-state index in [1.807, 2.05) is 13.0 Å². The van der Waals surface area contributed by atoms with Crippen molar-refractivity contribution in [2.45, 2.75) is 39.3 Å². The molecule has 4 rings (SSSR count). The third kappa shape index (κ3) is 11.8. The van der Waals surface area contributed by atoms with Crippen molar-refractivity contribution in [1.82, 2.24) is 0 Å². The normalized spacial score (nSPS) is 12.2. The zero-order chi connectivity index (χ0) is 38.1. The Hall–Kier alpha value is -4.43. The van der Waals surface area contributed by atoms with Crippen LogP contribution in [0.3, 0.4) is 0 Å². The SMILES string of the molecule is CCCCS(=O)(=O)c1cccc(N=Nc2c(S(=O)(=O)O)cc3cc(SOOO)c(N=Nc4ccc(SC#COOS(=O)(=O)O)cc4)c(N)c3c2O)c1.O. The Balaban J connectivity index is 0.00000756. The van der Waals surface area contributed by atoms with E-state index in [1.54, 1.807) is 12.1 Å². The van der Waals surface area contributed by atoms with Crippen LogP contribution < -0.4 is 5.73 Å². The maximum atomic E-state index is 12.7. The highest BCUT2D eigenvalue weighted by molar-refractivity contribution is 8.04. The van der Waals surface area contributed by atoms with E-state index in [0.29, 0.717) is 29.8 Å². The minimum Gasteiger partial charge on any atom is -0.505 e. The van der Waals surface area contributed by atoms with E-state index in [2.05, 4.69) is 44.3 Å². The number of unbranched alkanes of at least 4 members (excludes halogenated alkanes) is 1. The summed E-state index contributed by atoms with van der Waals surface area (Å²) < 4.78 is 97.7. The van der Waals surface area contributed by atoms with Gasteiger partial charge in [0.25, 0.3) is 10.1 Å². The molecule has 0 unspecified atom stereocenters. The maximum absolute atomic E-state index is 12.7. The number of sulfone groups is 1. The minimum absolute atomic E-state index is 0.